The smallest absolute Gasteiger partial charge is 0.238 e. The molecule has 2 aromatic rings. The molecule has 1 aliphatic carbocycles. The number of aryl methyl sites for hydroxylation is 1. The fourth-order valence-electron chi connectivity index (χ4n) is 3.01. The van der Waals surface area contributed by atoms with Crippen LogP contribution in [-0.4, -0.2) is 26.3 Å². The number of hydrogen-bond acceptors (Lipinski definition) is 6. The maximum Gasteiger partial charge on any atom is 0.238 e. The molecule has 0 aromatic carbocycles. The SMILES string of the molecule is CC(Sc1n[nH]c(C(C)(C)C)n1)C(=O)Nc1sc2c(c1C#N)CCCCC2. The van der Waals surface area contributed by atoms with E-state index in [9.17, 15) is 10.1 Å². The topological polar surface area (TPSA) is 94.5 Å². The van der Waals surface area contributed by atoms with Crippen molar-refractivity contribution in [1.82, 2.24) is 15.2 Å². The summed E-state index contributed by atoms with van der Waals surface area (Å²) in [6.45, 7) is 8.00. The molecule has 1 unspecified atom stereocenters. The van der Waals surface area contributed by atoms with Gasteiger partial charge in [-0.3, -0.25) is 9.89 Å². The number of thioether (sulfide) groups is 1. The first-order valence-electron chi connectivity index (χ1n) is 9.24. The first-order chi connectivity index (χ1) is 12.8. The normalized spacial score (nSPS) is 15.5. The highest BCUT2D eigenvalue weighted by molar-refractivity contribution is 8.00. The number of aromatic nitrogens is 3. The summed E-state index contributed by atoms with van der Waals surface area (Å²) >= 11 is 2.87. The molecule has 0 saturated carbocycles. The van der Waals surface area contributed by atoms with Crippen LogP contribution in [0.15, 0.2) is 5.16 Å². The Morgan fingerprint density at radius 3 is 2.74 bits per heavy atom. The van der Waals surface area contributed by atoms with Gasteiger partial charge in [-0.1, -0.05) is 39.0 Å². The van der Waals surface area contributed by atoms with Gasteiger partial charge in [-0.2, -0.15) is 5.26 Å². The Labute approximate surface area is 168 Å². The highest BCUT2D eigenvalue weighted by Crippen LogP contribution is 2.37. The molecule has 1 aliphatic rings. The third kappa shape index (κ3) is 4.53. The summed E-state index contributed by atoms with van der Waals surface area (Å²) in [6, 6.07) is 2.30. The van der Waals surface area contributed by atoms with E-state index < -0.39 is 0 Å². The van der Waals surface area contributed by atoms with Gasteiger partial charge >= 0.3 is 0 Å². The first kappa shape index (κ1) is 19.9. The summed E-state index contributed by atoms with van der Waals surface area (Å²) in [5.41, 5.74) is 1.67. The highest BCUT2D eigenvalue weighted by Gasteiger charge is 2.25. The molecule has 3 rings (SSSR count). The number of hydrogen-bond donors (Lipinski definition) is 2. The number of rotatable bonds is 4. The van der Waals surface area contributed by atoms with Crippen LogP contribution < -0.4 is 5.32 Å². The maximum atomic E-state index is 12.7. The van der Waals surface area contributed by atoms with E-state index in [0.29, 0.717) is 15.7 Å². The van der Waals surface area contributed by atoms with Crippen LogP contribution in [0.25, 0.3) is 0 Å². The largest absolute Gasteiger partial charge is 0.316 e. The number of carbonyl (C=O) groups is 1. The predicted molar refractivity (Wildman–Crippen MR) is 109 cm³/mol. The quantitative estimate of drug-likeness (QED) is 0.582. The molecule has 144 valence electrons. The van der Waals surface area contributed by atoms with Crippen LogP contribution >= 0.6 is 23.1 Å². The minimum Gasteiger partial charge on any atom is -0.316 e. The van der Waals surface area contributed by atoms with Crippen molar-refractivity contribution in [1.29, 1.82) is 5.26 Å². The van der Waals surface area contributed by atoms with E-state index in [1.807, 2.05) is 6.92 Å². The molecule has 6 nitrogen and oxygen atoms in total. The lowest BCUT2D eigenvalue weighted by molar-refractivity contribution is -0.115. The molecule has 2 heterocycles. The zero-order chi connectivity index (χ0) is 19.6. The Balaban J connectivity index is 1.70. The first-order valence-corrected chi connectivity index (χ1v) is 10.9. The third-order valence-electron chi connectivity index (χ3n) is 4.60. The zero-order valence-electron chi connectivity index (χ0n) is 16.2. The third-order valence-corrected chi connectivity index (χ3v) is 6.76. The van der Waals surface area contributed by atoms with Crippen molar-refractivity contribution < 1.29 is 4.79 Å². The van der Waals surface area contributed by atoms with Crippen LogP contribution in [0, 0.1) is 11.3 Å². The number of amides is 1. The van der Waals surface area contributed by atoms with Crippen molar-refractivity contribution in [3.63, 3.8) is 0 Å². The van der Waals surface area contributed by atoms with E-state index in [1.54, 1.807) is 11.3 Å². The van der Waals surface area contributed by atoms with Crippen molar-refractivity contribution in [3.05, 3.63) is 21.8 Å². The van der Waals surface area contributed by atoms with E-state index >= 15 is 0 Å². The summed E-state index contributed by atoms with van der Waals surface area (Å²) < 4.78 is 0. The van der Waals surface area contributed by atoms with E-state index in [1.165, 1.54) is 23.1 Å². The van der Waals surface area contributed by atoms with Gasteiger partial charge in [0.1, 0.15) is 16.9 Å². The second-order valence-corrected chi connectivity index (χ2v) is 10.3. The molecule has 0 spiro atoms. The summed E-state index contributed by atoms with van der Waals surface area (Å²) in [5.74, 6) is 0.668. The van der Waals surface area contributed by atoms with Gasteiger partial charge in [0.05, 0.1) is 10.8 Å². The van der Waals surface area contributed by atoms with Gasteiger partial charge in [0.15, 0.2) is 0 Å². The minimum atomic E-state index is -0.359. The monoisotopic (exact) mass is 403 g/mol. The van der Waals surface area contributed by atoms with Gasteiger partial charge in [-0.05, 0) is 38.2 Å². The summed E-state index contributed by atoms with van der Waals surface area (Å²) in [7, 11) is 0. The van der Waals surface area contributed by atoms with Gasteiger partial charge in [-0.15, -0.1) is 16.4 Å². The number of nitrogens with zero attached hydrogens (tertiary/aromatic N) is 3. The number of aromatic amines is 1. The zero-order valence-corrected chi connectivity index (χ0v) is 17.8. The Kier molecular flexibility index (Phi) is 5.92. The number of thiophene rings is 1. The lowest BCUT2D eigenvalue weighted by Crippen LogP contribution is -2.22. The van der Waals surface area contributed by atoms with Crippen molar-refractivity contribution in [2.45, 2.75) is 75.6 Å². The van der Waals surface area contributed by atoms with Crippen LogP contribution in [0.4, 0.5) is 5.00 Å². The number of nitriles is 1. The number of nitrogens with one attached hydrogen (secondary N) is 2. The van der Waals surface area contributed by atoms with Gasteiger partial charge in [0.2, 0.25) is 11.1 Å². The molecule has 0 bridgehead atoms. The standard InChI is InChI=1S/C19H25N5OS2/c1-11(26-18-22-17(23-24-18)19(2,3)4)15(25)21-16-13(10-20)12-8-6-5-7-9-14(12)27-16/h11H,5-9H2,1-4H3,(H,21,25)(H,22,23,24). The fourth-order valence-corrected chi connectivity index (χ4v) is 4.98. The van der Waals surface area contributed by atoms with E-state index in [0.717, 1.165) is 37.1 Å². The second kappa shape index (κ2) is 8.03. The molecule has 8 heteroatoms. The number of fused-ring (bicyclic) bond motifs is 1. The number of carbonyl (C=O) groups excluding carboxylic acids is 1. The lowest BCUT2D eigenvalue weighted by Gasteiger charge is -2.13. The van der Waals surface area contributed by atoms with Crippen molar-refractivity contribution in [2.24, 2.45) is 0 Å². The van der Waals surface area contributed by atoms with Gasteiger partial charge in [0, 0.05) is 10.3 Å². The van der Waals surface area contributed by atoms with Gasteiger partial charge in [0.25, 0.3) is 0 Å². The molecule has 1 amide bonds. The molecule has 0 radical (unpaired) electrons. The summed E-state index contributed by atoms with van der Waals surface area (Å²) in [4.78, 5) is 18.4. The fraction of sp³-hybridized carbons (Fsp3) is 0.579. The van der Waals surface area contributed by atoms with Gasteiger partial charge < -0.3 is 5.32 Å². The summed E-state index contributed by atoms with van der Waals surface area (Å²) in [5, 5.41) is 20.6. The molecule has 27 heavy (non-hydrogen) atoms. The molecule has 0 saturated heterocycles. The van der Waals surface area contributed by atoms with Gasteiger partial charge in [-0.25, -0.2) is 4.98 Å². The number of H-pyrrole nitrogens is 1. The van der Waals surface area contributed by atoms with Crippen LogP contribution in [0.5, 0.6) is 0 Å². The predicted octanol–water partition coefficient (Wildman–Crippen LogP) is 4.42. The average molecular weight is 404 g/mol. The Morgan fingerprint density at radius 1 is 1.33 bits per heavy atom. The van der Waals surface area contributed by atoms with E-state index in [-0.39, 0.29) is 16.6 Å². The molecule has 0 aliphatic heterocycles. The van der Waals surface area contributed by atoms with Crippen molar-refractivity contribution in [3.8, 4) is 6.07 Å². The van der Waals surface area contributed by atoms with Crippen LogP contribution in [0.2, 0.25) is 0 Å². The van der Waals surface area contributed by atoms with Crippen LogP contribution in [-0.2, 0) is 23.1 Å². The minimum absolute atomic E-state index is 0.117. The number of anilines is 1. The van der Waals surface area contributed by atoms with Crippen molar-refractivity contribution in [2.75, 3.05) is 5.32 Å². The summed E-state index contributed by atoms with van der Waals surface area (Å²) in [6.07, 6.45) is 5.40. The molecule has 1 atom stereocenters. The van der Waals surface area contributed by atoms with E-state index in [2.05, 4.69) is 47.3 Å². The molecule has 2 N–H and O–H groups in total. The van der Waals surface area contributed by atoms with Crippen LogP contribution in [0.3, 0.4) is 0 Å². The Morgan fingerprint density at radius 2 is 2.07 bits per heavy atom. The Bertz CT molecular complexity index is 872. The average Bonchev–Trinajstić information content (AvgIpc) is 3.12. The Hall–Kier alpha value is -1.85. The molecule has 0 fully saturated rings. The lowest BCUT2D eigenvalue weighted by atomic mass is 9.96. The van der Waals surface area contributed by atoms with Crippen molar-refractivity contribution >= 4 is 34.0 Å². The highest BCUT2D eigenvalue weighted by atomic mass is 32.2. The van der Waals surface area contributed by atoms with E-state index in [4.69, 9.17) is 0 Å². The molecular weight excluding hydrogens is 378 g/mol. The van der Waals surface area contributed by atoms with Crippen LogP contribution in [0.1, 0.15) is 68.8 Å². The molecule has 2 aromatic heterocycles. The molecular formula is C19H25N5OS2. The maximum absolute atomic E-state index is 12.7. The second-order valence-electron chi connectivity index (χ2n) is 7.85.